The first-order valence-electron chi connectivity index (χ1n) is 6.11. The van der Waals surface area contributed by atoms with Crippen molar-refractivity contribution in [2.45, 2.75) is 26.4 Å². The molecule has 2 atom stereocenters. The summed E-state index contributed by atoms with van der Waals surface area (Å²) in [4.78, 5) is 11.5. The van der Waals surface area contributed by atoms with E-state index in [2.05, 4.69) is 17.2 Å². The fourth-order valence-electron chi connectivity index (χ4n) is 1.63. The molecule has 3 heteroatoms. The van der Waals surface area contributed by atoms with Crippen LogP contribution in [0.3, 0.4) is 0 Å². The minimum Gasteiger partial charge on any atom is -0.393 e. The first kappa shape index (κ1) is 14.3. The van der Waals surface area contributed by atoms with Gasteiger partial charge in [-0.05, 0) is 31.4 Å². The Morgan fingerprint density at radius 3 is 2.61 bits per heavy atom. The maximum Gasteiger partial charge on any atom is 0.296 e. The highest BCUT2D eigenvalue weighted by Crippen LogP contribution is 2.03. The summed E-state index contributed by atoms with van der Waals surface area (Å²) < 4.78 is 0. The monoisotopic (exact) mass is 245 g/mol. The summed E-state index contributed by atoms with van der Waals surface area (Å²) in [5, 5.41) is 11.9. The van der Waals surface area contributed by atoms with E-state index < -0.39 is 0 Å². The first-order chi connectivity index (χ1) is 8.58. The molecule has 0 aliphatic rings. The summed E-state index contributed by atoms with van der Waals surface area (Å²) in [5.74, 6) is 5.30. The number of hydrogen-bond donors (Lipinski definition) is 2. The average molecular weight is 245 g/mol. The van der Waals surface area contributed by atoms with Crippen molar-refractivity contribution in [2.75, 3.05) is 6.54 Å². The Hall–Kier alpha value is -1.79. The van der Waals surface area contributed by atoms with E-state index in [1.807, 2.05) is 37.3 Å². The highest BCUT2D eigenvalue weighted by molar-refractivity contribution is 5.94. The minimum atomic E-state index is -0.340. The minimum absolute atomic E-state index is 0.243. The smallest absolute Gasteiger partial charge is 0.296 e. The van der Waals surface area contributed by atoms with Gasteiger partial charge in [0.15, 0.2) is 0 Å². The number of benzene rings is 1. The summed E-state index contributed by atoms with van der Waals surface area (Å²) in [7, 11) is 0. The number of hydrogen-bond acceptors (Lipinski definition) is 2. The van der Waals surface area contributed by atoms with Crippen LogP contribution in [-0.2, 0) is 4.79 Å². The van der Waals surface area contributed by atoms with Gasteiger partial charge < -0.3 is 10.4 Å². The number of carbonyl (C=O) groups excluding carboxylic acids is 1. The molecule has 1 rings (SSSR count). The molecule has 18 heavy (non-hydrogen) atoms. The molecule has 0 fully saturated rings. The largest absolute Gasteiger partial charge is 0.393 e. The lowest BCUT2D eigenvalue weighted by atomic mass is 10.1. The van der Waals surface area contributed by atoms with E-state index in [1.165, 1.54) is 0 Å². The molecule has 0 aliphatic heterocycles. The molecule has 0 aliphatic carbocycles. The molecule has 2 unspecified atom stereocenters. The van der Waals surface area contributed by atoms with Crippen LogP contribution in [0.15, 0.2) is 30.3 Å². The van der Waals surface area contributed by atoms with Crippen molar-refractivity contribution in [2.24, 2.45) is 5.92 Å². The van der Waals surface area contributed by atoms with Crippen LogP contribution in [-0.4, -0.2) is 23.7 Å². The predicted molar refractivity (Wildman–Crippen MR) is 71.8 cm³/mol. The van der Waals surface area contributed by atoms with Crippen molar-refractivity contribution in [1.82, 2.24) is 5.32 Å². The molecule has 0 heterocycles. The summed E-state index contributed by atoms with van der Waals surface area (Å²) in [6.07, 6.45) is 0.333. The molecule has 1 aromatic carbocycles. The third kappa shape index (κ3) is 6.07. The summed E-state index contributed by atoms with van der Waals surface area (Å²) >= 11 is 0. The first-order valence-corrected chi connectivity index (χ1v) is 6.11. The lowest BCUT2D eigenvalue weighted by molar-refractivity contribution is -0.115. The van der Waals surface area contributed by atoms with E-state index in [0.29, 0.717) is 13.0 Å². The van der Waals surface area contributed by atoms with Crippen LogP contribution in [0.1, 0.15) is 25.8 Å². The quantitative estimate of drug-likeness (QED) is 0.791. The Morgan fingerprint density at radius 1 is 1.33 bits per heavy atom. The molecular formula is C15H19NO2. The van der Waals surface area contributed by atoms with Gasteiger partial charge in [0.25, 0.3) is 5.91 Å². The van der Waals surface area contributed by atoms with E-state index in [0.717, 1.165) is 5.56 Å². The molecule has 1 amide bonds. The number of amides is 1. The van der Waals surface area contributed by atoms with E-state index in [4.69, 9.17) is 0 Å². The maximum atomic E-state index is 11.5. The van der Waals surface area contributed by atoms with Gasteiger partial charge in [-0.3, -0.25) is 4.79 Å². The zero-order chi connectivity index (χ0) is 13.4. The van der Waals surface area contributed by atoms with Gasteiger partial charge in [0.05, 0.1) is 6.10 Å². The Morgan fingerprint density at radius 2 is 2.00 bits per heavy atom. The Bertz CT molecular complexity index is 429. The van der Waals surface area contributed by atoms with Gasteiger partial charge in [-0.2, -0.15) is 0 Å². The van der Waals surface area contributed by atoms with Crippen LogP contribution in [0.4, 0.5) is 0 Å². The van der Waals surface area contributed by atoms with Gasteiger partial charge in [-0.15, -0.1) is 0 Å². The zero-order valence-corrected chi connectivity index (χ0v) is 10.8. The van der Waals surface area contributed by atoms with Crippen LogP contribution >= 0.6 is 0 Å². The number of carbonyl (C=O) groups is 1. The lowest BCUT2D eigenvalue weighted by Crippen LogP contribution is -2.28. The third-order valence-electron chi connectivity index (χ3n) is 2.45. The van der Waals surface area contributed by atoms with Crippen LogP contribution in [0.5, 0.6) is 0 Å². The molecule has 0 radical (unpaired) electrons. The topological polar surface area (TPSA) is 49.3 Å². The summed E-state index contributed by atoms with van der Waals surface area (Å²) in [5.41, 5.74) is 0.824. The maximum absolute atomic E-state index is 11.5. The standard InChI is InChI=1S/C15H19NO2/c1-12(10-13(2)17)11-16-15(18)9-8-14-6-4-3-5-7-14/h3-7,12-13,17H,10-11H2,1-2H3,(H,16,18). The fraction of sp³-hybridized carbons (Fsp3) is 0.400. The molecule has 2 N–H and O–H groups in total. The third-order valence-corrected chi connectivity index (χ3v) is 2.45. The van der Waals surface area contributed by atoms with E-state index in [9.17, 15) is 9.90 Å². The van der Waals surface area contributed by atoms with Crippen LogP contribution < -0.4 is 5.32 Å². The number of rotatable bonds is 4. The summed E-state index contributed by atoms with van der Waals surface area (Å²) in [6, 6.07) is 9.38. The van der Waals surface area contributed by atoms with Crippen LogP contribution in [0.25, 0.3) is 0 Å². The highest BCUT2D eigenvalue weighted by Gasteiger charge is 2.06. The van der Waals surface area contributed by atoms with E-state index in [1.54, 1.807) is 6.92 Å². The van der Waals surface area contributed by atoms with Crippen molar-refractivity contribution >= 4 is 5.91 Å². The number of nitrogens with one attached hydrogen (secondary N) is 1. The molecular weight excluding hydrogens is 226 g/mol. The van der Waals surface area contributed by atoms with Gasteiger partial charge in [0.2, 0.25) is 0 Å². The van der Waals surface area contributed by atoms with E-state index >= 15 is 0 Å². The Balaban J connectivity index is 2.37. The SMILES string of the molecule is CC(O)CC(C)CNC(=O)C#Cc1ccccc1. The van der Waals surface area contributed by atoms with E-state index in [-0.39, 0.29) is 17.9 Å². The zero-order valence-electron chi connectivity index (χ0n) is 10.8. The molecule has 3 nitrogen and oxygen atoms in total. The molecule has 0 bridgehead atoms. The predicted octanol–water partition coefficient (Wildman–Crippen LogP) is 1.56. The van der Waals surface area contributed by atoms with Gasteiger partial charge in [-0.1, -0.05) is 31.0 Å². The van der Waals surface area contributed by atoms with Crippen molar-refractivity contribution in [1.29, 1.82) is 0 Å². The molecule has 1 aromatic rings. The fourth-order valence-corrected chi connectivity index (χ4v) is 1.63. The highest BCUT2D eigenvalue weighted by atomic mass is 16.3. The lowest BCUT2D eigenvalue weighted by Gasteiger charge is -2.12. The van der Waals surface area contributed by atoms with Crippen molar-refractivity contribution in [3.8, 4) is 11.8 Å². The van der Waals surface area contributed by atoms with Gasteiger partial charge in [-0.25, -0.2) is 0 Å². The molecule has 0 saturated carbocycles. The van der Waals surface area contributed by atoms with Gasteiger partial charge >= 0.3 is 0 Å². The second-order valence-corrected chi connectivity index (χ2v) is 4.52. The molecule has 0 aromatic heterocycles. The normalized spacial score (nSPS) is 13.1. The average Bonchev–Trinajstić information content (AvgIpc) is 2.34. The second-order valence-electron chi connectivity index (χ2n) is 4.52. The van der Waals surface area contributed by atoms with Crippen LogP contribution in [0.2, 0.25) is 0 Å². The number of aliphatic hydroxyl groups excluding tert-OH is 1. The van der Waals surface area contributed by atoms with Gasteiger partial charge in [0.1, 0.15) is 0 Å². The Labute approximate surface area is 108 Å². The molecule has 0 spiro atoms. The molecule has 0 saturated heterocycles. The Kier molecular flexibility index (Phi) is 5.96. The second kappa shape index (κ2) is 7.52. The molecule has 96 valence electrons. The number of aliphatic hydroxyl groups is 1. The summed E-state index contributed by atoms with van der Waals surface area (Å²) in [6.45, 7) is 4.26. The van der Waals surface area contributed by atoms with Crippen molar-refractivity contribution in [3.63, 3.8) is 0 Å². The van der Waals surface area contributed by atoms with Crippen molar-refractivity contribution in [3.05, 3.63) is 35.9 Å². The van der Waals surface area contributed by atoms with Gasteiger partial charge in [0, 0.05) is 18.0 Å². The van der Waals surface area contributed by atoms with Crippen LogP contribution in [0, 0.1) is 17.8 Å². The van der Waals surface area contributed by atoms with Crippen molar-refractivity contribution < 1.29 is 9.90 Å².